The Hall–Kier alpha value is -1.85. The topological polar surface area (TPSA) is 47.6 Å². The molecule has 0 aliphatic heterocycles. The lowest BCUT2D eigenvalue weighted by atomic mass is 10.2. The number of benzene rings is 2. The van der Waals surface area contributed by atoms with E-state index in [0.717, 1.165) is 15.9 Å². The molecule has 0 saturated heterocycles. The summed E-state index contributed by atoms with van der Waals surface area (Å²) in [5.41, 5.74) is 1.33. The van der Waals surface area contributed by atoms with E-state index in [1.165, 1.54) is 0 Å². The van der Waals surface area contributed by atoms with Crippen LogP contribution in [0.2, 0.25) is 0 Å². The summed E-state index contributed by atoms with van der Waals surface area (Å²) in [6.45, 7) is 1.04. The van der Waals surface area contributed by atoms with E-state index in [-0.39, 0.29) is 5.91 Å². The fourth-order valence-electron chi connectivity index (χ4n) is 1.68. The Kier molecular flexibility index (Phi) is 5.78. The lowest BCUT2D eigenvalue weighted by Crippen LogP contribution is -2.11. The van der Waals surface area contributed by atoms with Crippen molar-refractivity contribution in [1.29, 1.82) is 0 Å². The lowest BCUT2D eigenvalue weighted by Gasteiger charge is -2.08. The Bertz CT molecular complexity index is 581. The number of methoxy groups -OCH3 is 1. The van der Waals surface area contributed by atoms with E-state index in [4.69, 9.17) is 9.47 Å². The van der Waals surface area contributed by atoms with Crippen molar-refractivity contribution in [3.8, 4) is 5.75 Å². The molecule has 5 heteroatoms. The number of hydrogen-bond acceptors (Lipinski definition) is 3. The molecule has 0 atom stereocenters. The SMILES string of the molecule is COCCOc1ccc(NC(=O)c2ccc(Br)cc2)cc1. The van der Waals surface area contributed by atoms with Crippen molar-refractivity contribution in [3.63, 3.8) is 0 Å². The molecule has 0 aliphatic carbocycles. The predicted molar refractivity (Wildman–Crippen MR) is 85.9 cm³/mol. The molecule has 1 N–H and O–H groups in total. The molecule has 0 aliphatic rings. The van der Waals surface area contributed by atoms with Gasteiger partial charge in [0.1, 0.15) is 12.4 Å². The molecule has 0 fully saturated rings. The van der Waals surface area contributed by atoms with Gasteiger partial charge in [-0.05, 0) is 48.5 Å². The molecule has 0 radical (unpaired) electrons. The molecule has 1 amide bonds. The van der Waals surface area contributed by atoms with Gasteiger partial charge in [0, 0.05) is 22.8 Å². The molecule has 2 rings (SSSR count). The number of carbonyl (C=O) groups excluding carboxylic acids is 1. The number of anilines is 1. The monoisotopic (exact) mass is 349 g/mol. The summed E-state index contributed by atoms with van der Waals surface area (Å²) < 4.78 is 11.3. The third kappa shape index (κ3) is 4.88. The van der Waals surface area contributed by atoms with Crippen molar-refractivity contribution in [2.75, 3.05) is 25.6 Å². The minimum absolute atomic E-state index is 0.143. The third-order valence-corrected chi connectivity index (χ3v) is 3.30. The first kappa shape index (κ1) is 15.5. The highest BCUT2D eigenvalue weighted by molar-refractivity contribution is 9.10. The maximum Gasteiger partial charge on any atom is 0.255 e. The molecule has 0 spiro atoms. The number of ether oxygens (including phenoxy) is 2. The molecule has 0 heterocycles. The summed E-state index contributed by atoms with van der Waals surface area (Å²) in [7, 11) is 1.63. The van der Waals surface area contributed by atoms with E-state index in [2.05, 4.69) is 21.2 Å². The van der Waals surface area contributed by atoms with Crippen LogP contribution in [0.3, 0.4) is 0 Å². The molecule has 2 aromatic rings. The van der Waals surface area contributed by atoms with Gasteiger partial charge in [-0.25, -0.2) is 0 Å². The summed E-state index contributed by atoms with van der Waals surface area (Å²) in [6, 6.07) is 14.4. The highest BCUT2D eigenvalue weighted by Crippen LogP contribution is 2.17. The van der Waals surface area contributed by atoms with Crippen molar-refractivity contribution >= 4 is 27.5 Å². The maximum atomic E-state index is 12.0. The molecule has 0 saturated carbocycles. The smallest absolute Gasteiger partial charge is 0.255 e. The Morgan fingerprint density at radius 1 is 1.05 bits per heavy atom. The molecule has 110 valence electrons. The predicted octanol–water partition coefficient (Wildman–Crippen LogP) is 3.73. The minimum atomic E-state index is -0.143. The van der Waals surface area contributed by atoms with Gasteiger partial charge in [-0.1, -0.05) is 15.9 Å². The minimum Gasteiger partial charge on any atom is -0.491 e. The second kappa shape index (κ2) is 7.81. The van der Waals surface area contributed by atoms with Crippen LogP contribution in [0.5, 0.6) is 5.75 Å². The van der Waals surface area contributed by atoms with Gasteiger partial charge in [-0.3, -0.25) is 4.79 Å². The van der Waals surface area contributed by atoms with Gasteiger partial charge in [-0.2, -0.15) is 0 Å². The zero-order chi connectivity index (χ0) is 15.1. The first-order valence-electron chi connectivity index (χ1n) is 6.48. The van der Waals surface area contributed by atoms with Gasteiger partial charge >= 0.3 is 0 Å². The number of hydrogen-bond donors (Lipinski definition) is 1. The summed E-state index contributed by atoms with van der Waals surface area (Å²) in [5.74, 6) is 0.601. The van der Waals surface area contributed by atoms with E-state index in [9.17, 15) is 4.79 Å². The Morgan fingerprint density at radius 2 is 1.71 bits per heavy atom. The van der Waals surface area contributed by atoms with Crippen LogP contribution in [-0.2, 0) is 4.74 Å². The van der Waals surface area contributed by atoms with Crippen LogP contribution in [0.1, 0.15) is 10.4 Å². The van der Waals surface area contributed by atoms with Crippen LogP contribution in [0.4, 0.5) is 5.69 Å². The van der Waals surface area contributed by atoms with Crippen LogP contribution >= 0.6 is 15.9 Å². The van der Waals surface area contributed by atoms with Gasteiger partial charge in [0.2, 0.25) is 0 Å². The number of amides is 1. The van der Waals surface area contributed by atoms with Crippen molar-refractivity contribution in [1.82, 2.24) is 0 Å². The molecule has 21 heavy (non-hydrogen) atoms. The number of rotatable bonds is 6. The van der Waals surface area contributed by atoms with Crippen LogP contribution in [-0.4, -0.2) is 26.2 Å². The number of halogens is 1. The summed E-state index contributed by atoms with van der Waals surface area (Å²) in [5, 5.41) is 2.84. The van der Waals surface area contributed by atoms with E-state index in [1.54, 1.807) is 31.4 Å². The highest BCUT2D eigenvalue weighted by Gasteiger charge is 2.05. The van der Waals surface area contributed by atoms with Crippen molar-refractivity contribution in [2.45, 2.75) is 0 Å². The second-order valence-electron chi connectivity index (χ2n) is 4.33. The molecule has 4 nitrogen and oxygen atoms in total. The highest BCUT2D eigenvalue weighted by atomic mass is 79.9. The summed E-state index contributed by atoms with van der Waals surface area (Å²) >= 11 is 3.34. The van der Waals surface area contributed by atoms with Crippen molar-refractivity contribution in [3.05, 3.63) is 58.6 Å². The Balaban J connectivity index is 1.93. The van der Waals surface area contributed by atoms with E-state index in [0.29, 0.717) is 18.8 Å². The largest absolute Gasteiger partial charge is 0.491 e. The molecule has 0 bridgehead atoms. The van der Waals surface area contributed by atoms with Crippen LogP contribution in [0.15, 0.2) is 53.0 Å². The summed E-state index contributed by atoms with van der Waals surface area (Å²) in [6.07, 6.45) is 0. The first-order valence-corrected chi connectivity index (χ1v) is 7.27. The average Bonchev–Trinajstić information content (AvgIpc) is 2.50. The normalized spacial score (nSPS) is 10.2. The molecule has 0 unspecified atom stereocenters. The van der Waals surface area contributed by atoms with Crippen LogP contribution < -0.4 is 10.1 Å². The average molecular weight is 350 g/mol. The van der Waals surface area contributed by atoms with Crippen LogP contribution in [0, 0.1) is 0 Å². The zero-order valence-corrected chi connectivity index (χ0v) is 13.2. The molecular weight excluding hydrogens is 334 g/mol. The van der Waals surface area contributed by atoms with Gasteiger partial charge < -0.3 is 14.8 Å². The van der Waals surface area contributed by atoms with E-state index >= 15 is 0 Å². The maximum absolute atomic E-state index is 12.0. The fraction of sp³-hybridized carbons (Fsp3) is 0.188. The number of nitrogens with one attached hydrogen (secondary N) is 1. The van der Waals surface area contributed by atoms with Crippen molar-refractivity contribution in [2.24, 2.45) is 0 Å². The standard InChI is InChI=1S/C16H16BrNO3/c1-20-10-11-21-15-8-6-14(7-9-15)18-16(19)12-2-4-13(17)5-3-12/h2-9H,10-11H2,1H3,(H,18,19). The van der Waals surface area contributed by atoms with E-state index < -0.39 is 0 Å². The Labute approximate surface area is 132 Å². The van der Waals surface area contributed by atoms with Gasteiger partial charge in [0.05, 0.1) is 6.61 Å². The van der Waals surface area contributed by atoms with E-state index in [1.807, 2.05) is 24.3 Å². The third-order valence-electron chi connectivity index (χ3n) is 2.77. The van der Waals surface area contributed by atoms with Crippen LogP contribution in [0.25, 0.3) is 0 Å². The number of carbonyl (C=O) groups is 1. The summed E-state index contributed by atoms with van der Waals surface area (Å²) in [4.78, 5) is 12.0. The molecular formula is C16H16BrNO3. The van der Waals surface area contributed by atoms with Gasteiger partial charge in [0.15, 0.2) is 0 Å². The lowest BCUT2D eigenvalue weighted by molar-refractivity contribution is 0.102. The molecule has 2 aromatic carbocycles. The Morgan fingerprint density at radius 3 is 2.33 bits per heavy atom. The van der Waals surface area contributed by atoms with Gasteiger partial charge in [-0.15, -0.1) is 0 Å². The quantitative estimate of drug-likeness (QED) is 0.808. The second-order valence-corrected chi connectivity index (χ2v) is 5.24. The first-order chi connectivity index (χ1) is 10.2. The van der Waals surface area contributed by atoms with Crippen molar-refractivity contribution < 1.29 is 14.3 Å². The molecule has 0 aromatic heterocycles. The fourth-order valence-corrected chi connectivity index (χ4v) is 1.95. The zero-order valence-electron chi connectivity index (χ0n) is 11.6. The van der Waals surface area contributed by atoms with Gasteiger partial charge in [0.25, 0.3) is 5.91 Å².